The molecule has 0 heterocycles. The molecule has 102 valence electrons. The maximum atomic E-state index is 5.74. The van der Waals surface area contributed by atoms with E-state index in [1.807, 2.05) is 14.2 Å². The molecular formula is C15H30O2. The number of hydrogen-bond acceptors (Lipinski definition) is 2. The van der Waals surface area contributed by atoms with Gasteiger partial charge in [0.15, 0.2) is 0 Å². The minimum Gasteiger partial charge on any atom is -0.384 e. The molecule has 1 aliphatic carbocycles. The molecule has 1 rings (SSSR count). The molecule has 0 saturated heterocycles. The second-order valence-corrected chi connectivity index (χ2v) is 5.43. The first-order valence-electron chi connectivity index (χ1n) is 7.35. The van der Waals surface area contributed by atoms with E-state index in [9.17, 15) is 0 Å². The van der Waals surface area contributed by atoms with E-state index >= 15 is 0 Å². The first kappa shape index (κ1) is 15.0. The van der Waals surface area contributed by atoms with E-state index < -0.39 is 0 Å². The Morgan fingerprint density at radius 1 is 1.12 bits per heavy atom. The second kappa shape index (κ2) is 8.93. The van der Waals surface area contributed by atoms with Gasteiger partial charge in [0.1, 0.15) is 0 Å². The van der Waals surface area contributed by atoms with Crippen LogP contribution in [0.1, 0.15) is 58.3 Å². The van der Waals surface area contributed by atoms with Crippen LogP contribution in [0.3, 0.4) is 0 Å². The number of ether oxygens (including phenoxy) is 2. The average Bonchev–Trinajstić information content (AvgIpc) is 2.86. The van der Waals surface area contributed by atoms with Crippen LogP contribution in [0.2, 0.25) is 0 Å². The van der Waals surface area contributed by atoms with E-state index in [0.29, 0.717) is 12.0 Å². The standard InChI is InChI=1S/C15H30O2/c1-4-5-6-11-15(17-3)14(12-16-2)13-9-7-8-10-13/h13-15H,4-12H2,1-3H3. The zero-order valence-corrected chi connectivity index (χ0v) is 11.9. The summed E-state index contributed by atoms with van der Waals surface area (Å²) in [5, 5.41) is 0. The number of hydrogen-bond donors (Lipinski definition) is 0. The minimum absolute atomic E-state index is 0.407. The third-order valence-electron chi connectivity index (χ3n) is 4.24. The Morgan fingerprint density at radius 3 is 2.35 bits per heavy atom. The zero-order valence-electron chi connectivity index (χ0n) is 11.9. The van der Waals surface area contributed by atoms with Crippen molar-refractivity contribution in [3.8, 4) is 0 Å². The van der Waals surface area contributed by atoms with Gasteiger partial charge in [-0.05, 0) is 12.3 Å². The SMILES string of the molecule is CCCCCC(OC)C(COC)C1CCCC1. The Labute approximate surface area is 107 Å². The van der Waals surface area contributed by atoms with Gasteiger partial charge < -0.3 is 9.47 Å². The van der Waals surface area contributed by atoms with Crippen molar-refractivity contribution >= 4 is 0 Å². The van der Waals surface area contributed by atoms with Gasteiger partial charge in [-0.15, -0.1) is 0 Å². The molecule has 0 aliphatic heterocycles. The summed E-state index contributed by atoms with van der Waals surface area (Å²) in [5.41, 5.74) is 0. The molecule has 0 aromatic rings. The molecule has 2 nitrogen and oxygen atoms in total. The Balaban J connectivity index is 2.45. The fraction of sp³-hybridized carbons (Fsp3) is 1.00. The molecule has 0 amide bonds. The fourth-order valence-electron chi connectivity index (χ4n) is 3.23. The summed E-state index contributed by atoms with van der Waals surface area (Å²) in [5.74, 6) is 1.45. The van der Waals surface area contributed by atoms with Gasteiger partial charge >= 0.3 is 0 Å². The predicted molar refractivity (Wildman–Crippen MR) is 72.3 cm³/mol. The topological polar surface area (TPSA) is 18.5 Å². The van der Waals surface area contributed by atoms with Crippen LogP contribution in [-0.2, 0) is 9.47 Å². The maximum absolute atomic E-state index is 5.74. The molecule has 0 N–H and O–H groups in total. The van der Waals surface area contributed by atoms with Gasteiger partial charge in [0.05, 0.1) is 12.7 Å². The molecule has 0 spiro atoms. The lowest BCUT2D eigenvalue weighted by Crippen LogP contribution is -2.32. The van der Waals surface area contributed by atoms with Gasteiger partial charge in [-0.2, -0.15) is 0 Å². The number of rotatable bonds is 9. The van der Waals surface area contributed by atoms with E-state index in [-0.39, 0.29) is 0 Å². The summed E-state index contributed by atoms with van der Waals surface area (Å²) in [4.78, 5) is 0. The molecule has 17 heavy (non-hydrogen) atoms. The van der Waals surface area contributed by atoms with E-state index in [1.54, 1.807) is 0 Å². The summed E-state index contributed by atoms with van der Waals surface area (Å²) < 4.78 is 11.2. The monoisotopic (exact) mass is 242 g/mol. The van der Waals surface area contributed by atoms with Crippen molar-refractivity contribution in [1.82, 2.24) is 0 Å². The van der Waals surface area contributed by atoms with Gasteiger partial charge in [-0.3, -0.25) is 0 Å². The minimum atomic E-state index is 0.407. The van der Waals surface area contributed by atoms with Gasteiger partial charge in [0.2, 0.25) is 0 Å². The smallest absolute Gasteiger partial charge is 0.0624 e. The summed E-state index contributed by atoms with van der Waals surface area (Å²) in [6.07, 6.45) is 11.1. The van der Waals surface area contributed by atoms with Gasteiger partial charge in [0, 0.05) is 20.1 Å². The Bertz CT molecular complexity index is 176. The van der Waals surface area contributed by atoms with E-state index in [2.05, 4.69) is 6.92 Å². The van der Waals surface area contributed by atoms with Gasteiger partial charge in [-0.25, -0.2) is 0 Å². The number of unbranched alkanes of at least 4 members (excludes halogenated alkanes) is 2. The van der Waals surface area contributed by atoms with E-state index in [4.69, 9.17) is 9.47 Å². The fourth-order valence-corrected chi connectivity index (χ4v) is 3.23. The van der Waals surface area contributed by atoms with Crippen LogP contribution in [0, 0.1) is 11.8 Å². The quantitative estimate of drug-likeness (QED) is 0.568. The Kier molecular flexibility index (Phi) is 7.87. The first-order chi connectivity index (χ1) is 8.33. The molecule has 0 aromatic heterocycles. The normalized spacial score (nSPS) is 20.6. The average molecular weight is 242 g/mol. The number of methoxy groups -OCH3 is 2. The largest absolute Gasteiger partial charge is 0.384 e. The van der Waals surface area contributed by atoms with Crippen LogP contribution < -0.4 is 0 Å². The highest BCUT2D eigenvalue weighted by atomic mass is 16.5. The zero-order chi connectivity index (χ0) is 12.5. The molecule has 2 heteroatoms. The lowest BCUT2D eigenvalue weighted by molar-refractivity contribution is -0.0161. The van der Waals surface area contributed by atoms with Crippen LogP contribution in [0.15, 0.2) is 0 Å². The third kappa shape index (κ3) is 4.97. The van der Waals surface area contributed by atoms with Crippen molar-refractivity contribution in [3.05, 3.63) is 0 Å². The third-order valence-corrected chi connectivity index (χ3v) is 4.24. The summed E-state index contributed by atoms with van der Waals surface area (Å²) in [6.45, 7) is 3.13. The maximum Gasteiger partial charge on any atom is 0.0624 e. The molecular weight excluding hydrogens is 212 g/mol. The molecule has 0 radical (unpaired) electrons. The molecule has 0 aromatic carbocycles. The highest BCUT2D eigenvalue weighted by molar-refractivity contribution is 4.81. The van der Waals surface area contributed by atoms with Crippen LogP contribution in [0.4, 0.5) is 0 Å². The molecule has 2 atom stereocenters. The van der Waals surface area contributed by atoms with Crippen LogP contribution >= 0.6 is 0 Å². The summed E-state index contributed by atoms with van der Waals surface area (Å²) >= 11 is 0. The van der Waals surface area contributed by atoms with Crippen molar-refractivity contribution in [3.63, 3.8) is 0 Å². The van der Waals surface area contributed by atoms with Crippen molar-refractivity contribution in [2.45, 2.75) is 64.4 Å². The predicted octanol–water partition coefficient (Wildman–Crippen LogP) is 4.03. The van der Waals surface area contributed by atoms with Crippen molar-refractivity contribution < 1.29 is 9.47 Å². The van der Waals surface area contributed by atoms with Gasteiger partial charge in [-0.1, -0.05) is 51.9 Å². The first-order valence-corrected chi connectivity index (χ1v) is 7.35. The second-order valence-electron chi connectivity index (χ2n) is 5.43. The summed E-state index contributed by atoms with van der Waals surface area (Å²) in [6, 6.07) is 0. The van der Waals surface area contributed by atoms with Crippen molar-refractivity contribution in [1.29, 1.82) is 0 Å². The molecule has 1 aliphatic rings. The Hall–Kier alpha value is -0.0800. The van der Waals surface area contributed by atoms with Crippen LogP contribution in [0.25, 0.3) is 0 Å². The molecule has 1 fully saturated rings. The lowest BCUT2D eigenvalue weighted by atomic mass is 9.84. The van der Waals surface area contributed by atoms with Crippen molar-refractivity contribution in [2.75, 3.05) is 20.8 Å². The van der Waals surface area contributed by atoms with Gasteiger partial charge in [0.25, 0.3) is 0 Å². The van der Waals surface area contributed by atoms with E-state index in [1.165, 1.54) is 51.4 Å². The Morgan fingerprint density at radius 2 is 1.82 bits per heavy atom. The van der Waals surface area contributed by atoms with Crippen molar-refractivity contribution in [2.24, 2.45) is 11.8 Å². The van der Waals surface area contributed by atoms with E-state index in [0.717, 1.165) is 12.5 Å². The molecule has 0 bridgehead atoms. The highest BCUT2D eigenvalue weighted by Crippen LogP contribution is 2.35. The van der Waals surface area contributed by atoms with Crippen LogP contribution in [-0.4, -0.2) is 26.9 Å². The molecule has 2 unspecified atom stereocenters. The molecule has 1 saturated carbocycles. The summed E-state index contributed by atoms with van der Waals surface area (Å²) in [7, 11) is 3.69. The van der Waals surface area contributed by atoms with Crippen LogP contribution in [0.5, 0.6) is 0 Å². The lowest BCUT2D eigenvalue weighted by Gasteiger charge is -2.30. The highest BCUT2D eigenvalue weighted by Gasteiger charge is 2.31.